The Bertz CT molecular complexity index is 563. The Hall–Kier alpha value is -2.24. The van der Waals surface area contributed by atoms with Crippen LogP contribution in [0.5, 0.6) is 0 Å². The van der Waals surface area contributed by atoms with E-state index in [-0.39, 0.29) is 5.91 Å². The number of carbonyl (C=O) groups is 1. The molecule has 0 atom stereocenters. The molecule has 0 spiro atoms. The predicted octanol–water partition coefficient (Wildman–Crippen LogP) is 1.34. The van der Waals surface area contributed by atoms with Crippen LogP contribution in [0, 0.1) is 0 Å². The van der Waals surface area contributed by atoms with Gasteiger partial charge in [-0.2, -0.15) is 0 Å². The normalized spacial score (nSPS) is 14.3. The van der Waals surface area contributed by atoms with Crippen molar-refractivity contribution in [3.63, 3.8) is 0 Å². The molecule has 0 unspecified atom stereocenters. The number of carbonyl (C=O) groups excluding carboxylic acids is 1. The van der Waals surface area contributed by atoms with E-state index in [1.807, 2.05) is 12.1 Å². The zero-order valence-corrected chi connectivity index (χ0v) is 10.4. The Morgan fingerprint density at radius 2 is 2.32 bits per heavy atom. The van der Waals surface area contributed by atoms with Gasteiger partial charge >= 0.3 is 0 Å². The van der Waals surface area contributed by atoms with Crippen molar-refractivity contribution in [3.05, 3.63) is 30.4 Å². The van der Waals surface area contributed by atoms with Crippen LogP contribution in [-0.4, -0.2) is 27.1 Å². The van der Waals surface area contributed by atoms with Gasteiger partial charge in [-0.15, -0.1) is 10.2 Å². The zero-order chi connectivity index (χ0) is 13.1. The zero-order valence-electron chi connectivity index (χ0n) is 10.4. The van der Waals surface area contributed by atoms with Crippen molar-refractivity contribution in [2.45, 2.75) is 31.7 Å². The third-order valence-corrected chi connectivity index (χ3v) is 2.88. The highest BCUT2D eigenvalue weighted by molar-refractivity contribution is 5.76. The summed E-state index contributed by atoms with van der Waals surface area (Å²) in [6.07, 6.45) is 6.38. The van der Waals surface area contributed by atoms with Crippen molar-refractivity contribution in [2.24, 2.45) is 0 Å². The van der Waals surface area contributed by atoms with E-state index in [4.69, 9.17) is 4.42 Å². The molecule has 0 bridgehead atoms. The highest BCUT2D eigenvalue weighted by Gasteiger charge is 2.23. The molecule has 2 aromatic rings. The largest absolute Gasteiger partial charge is 0.421 e. The van der Waals surface area contributed by atoms with E-state index >= 15 is 0 Å². The summed E-state index contributed by atoms with van der Waals surface area (Å²) in [5, 5.41) is 10.8. The minimum Gasteiger partial charge on any atom is -0.421 e. The SMILES string of the molecule is O=C(CCc1nnc(-c2cccnc2)o1)NC1CC1. The van der Waals surface area contributed by atoms with Crippen LogP contribution in [0.15, 0.2) is 28.9 Å². The lowest BCUT2D eigenvalue weighted by Crippen LogP contribution is -2.25. The van der Waals surface area contributed by atoms with Crippen molar-refractivity contribution < 1.29 is 9.21 Å². The molecule has 1 fully saturated rings. The fourth-order valence-electron chi connectivity index (χ4n) is 1.71. The molecular formula is C13H14N4O2. The Balaban J connectivity index is 1.57. The molecule has 6 heteroatoms. The van der Waals surface area contributed by atoms with Crippen LogP contribution >= 0.6 is 0 Å². The number of pyridine rings is 1. The molecule has 0 saturated heterocycles. The lowest BCUT2D eigenvalue weighted by atomic mass is 10.3. The minimum atomic E-state index is 0.0450. The highest BCUT2D eigenvalue weighted by Crippen LogP contribution is 2.19. The van der Waals surface area contributed by atoms with Crippen molar-refractivity contribution in [3.8, 4) is 11.5 Å². The van der Waals surface area contributed by atoms with Gasteiger partial charge in [0.1, 0.15) is 0 Å². The summed E-state index contributed by atoms with van der Waals surface area (Å²) >= 11 is 0. The molecule has 0 aromatic carbocycles. The maximum Gasteiger partial charge on any atom is 0.249 e. The van der Waals surface area contributed by atoms with Gasteiger partial charge in [-0.1, -0.05) is 0 Å². The summed E-state index contributed by atoms with van der Waals surface area (Å²) in [6.45, 7) is 0. The van der Waals surface area contributed by atoms with E-state index in [0.29, 0.717) is 30.7 Å². The van der Waals surface area contributed by atoms with Gasteiger partial charge in [-0.25, -0.2) is 0 Å². The molecule has 6 nitrogen and oxygen atoms in total. The molecular weight excluding hydrogens is 244 g/mol. The number of aromatic nitrogens is 3. The summed E-state index contributed by atoms with van der Waals surface area (Å²) in [7, 11) is 0. The van der Waals surface area contributed by atoms with Crippen LogP contribution in [-0.2, 0) is 11.2 Å². The van der Waals surface area contributed by atoms with Crippen molar-refractivity contribution in [1.29, 1.82) is 0 Å². The monoisotopic (exact) mass is 258 g/mol. The Labute approximate surface area is 110 Å². The second-order valence-electron chi connectivity index (χ2n) is 4.58. The molecule has 0 aliphatic heterocycles. The van der Waals surface area contributed by atoms with Gasteiger partial charge in [0.05, 0.1) is 5.56 Å². The topological polar surface area (TPSA) is 80.9 Å². The van der Waals surface area contributed by atoms with Gasteiger partial charge in [-0.05, 0) is 25.0 Å². The smallest absolute Gasteiger partial charge is 0.249 e. The van der Waals surface area contributed by atoms with Gasteiger partial charge in [-0.3, -0.25) is 9.78 Å². The van der Waals surface area contributed by atoms with E-state index in [9.17, 15) is 4.79 Å². The first-order valence-electron chi connectivity index (χ1n) is 6.33. The van der Waals surface area contributed by atoms with Crippen molar-refractivity contribution >= 4 is 5.91 Å². The highest BCUT2D eigenvalue weighted by atomic mass is 16.4. The Kier molecular flexibility index (Phi) is 3.22. The number of nitrogens with one attached hydrogen (secondary N) is 1. The fraction of sp³-hybridized carbons (Fsp3) is 0.385. The summed E-state index contributed by atoms with van der Waals surface area (Å²) in [5.74, 6) is 0.958. The molecule has 1 N–H and O–H groups in total. The first-order valence-corrected chi connectivity index (χ1v) is 6.33. The van der Waals surface area contributed by atoms with Crippen LogP contribution in [0.4, 0.5) is 0 Å². The molecule has 0 radical (unpaired) electrons. The van der Waals surface area contributed by atoms with E-state index in [1.54, 1.807) is 12.4 Å². The Morgan fingerprint density at radius 3 is 3.05 bits per heavy atom. The second-order valence-corrected chi connectivity index (χ2v) is 4.58. The van der Waals surface area contributed by atoms with Gasteiger partial charge in [0.25, 0.3) is 0 Å². The second kappa shape index (κ2) is 5.17. The third kappa shape index (κ3) is 3.15. The summed E-state index contributed by atoms with van der Waals surface area (Å²) in [6, 6.07) is 4.05. The molecule has 2 heterocycles. The molecule has 2 aromatic heterocycles. The molecule has 3 rings (SSSR count). The molecule has 19 heavy (non-hydrogen) atoms. The Morgan fingerprint density at radius 1 is 1.42 bits per heavy atom. The molecule has 1 aliphatic carbocycles. The molecule has 1 amide bonds. The maximum absolute atomic E-state index is 11.5. The lowest BCUT2D eigenvalue weighted by molar-refractivity contribution is -0.121. The standard InChI is InChI=1S/C13H14N4O2/c18-11(15-10-3-4-10)5-6-12-16-17-13(19-12)9-2-1-7-14-8-9/h1-2,7-8,10H,3-6H2,(H,15,18). The van der Waals surface area contributed by atoms with E-state index in [2.05, 4.69) is 20.5 Å². The average molecular weight is 258 g/mol. The third-order valence-electron chi connectivity index (χ3n) is 2.88. The first kappa shape index (κ1) is 11.8. The van der Waals surface area contributed by atoms with Crippen LogP contribution in [0.1, 0.15) is 25.2 Å². The number of aryl methyl sites for hydroxylation is 1. The van der Waals surface area contributed by atoms with Gasteiger partial charge < -0.3 is 9.73 Å². The number of nitrogens with zero attached hydrogens (tertiary/aromatic N) is 3. The number of amides is 1. The first-order chi connectivity index (χ1) is 9.31. The quantitative estimate of drug-likeness (QED) is 0.875. The summed E-state index contributed by atoms with van der Waals surface area (Å²) < 4.78 is 5.50. The van der Waals surface area contributed by atoms with Gasteiger partial charge in [0.2, 0.25) is 17.7 Å². The number of hydrogen-bond acceptors (Lipinski definition) is 5. The van der Waals surface area contributed by atoms with Crippen LogP contribution in [0.2, 0.25) is 0 Å². The van der Waals surface area contributed by atoms with E-state index in [1.165, 1.54) is 0 Å². The number of rotatable bonds is 5. The predicted molar refractivity (Wildman–Crippen MR) is 67.0 cm³/mol. The molecule has 1 aliphatic rings. The summed E-state index contributed by atoms with van der Waals surface area (Å²) in [5.41, 5.74) is 0.781. The maximum atomic E-state index is 11.5. The summed E-state index contributed by atoms with van der Waals surface area (Å²) in [4.78, 5) is 15.5. The van der Waals surface area contributed by atoms with Gasteiger partial charge in [0.15, 0.2) is 0 Å². The van der Waals surface area contributed by atoms with E-state index < -0.39 is 0 Å². The van der Waals surface area contributed by atoms with E-state index in [0.717, 1.165) is 18.4 Å². The minimum absolute atomic E-state index is 0.0450. The fourth-order valence-corrected chi connectivity index (χ4v) is 1.71. The van der Waals surface area contributed by atoms with Crippen LogP contribution < -0.4 is 5.32 Å². The van der Waals surface area contributed by atoms with Crippen LogP contribution in [0.25, 0.3) is 11.5 Å². The van der Waals surface area contributed by atoms with Gasteiger partial charge in [0, 0.05) is 31.3 Å². The van der Waals surface area contributed by atoms with Crippen LogP contribution in [0.3, 0.4) is 0 Å². The van der Waals surface area contributed by atoms with Crippen molar-refractivity contribution in [2.75, 3.05) is 0 Å². The molecule has 98 valence electrons. The lowest BCUT2D eigenvalue weighted by Gasteiger charge is -2.00. The molecule has 1 saturated carbocycles. The number of hydrogen-bond donors (Lipinski definition) is 1. The average Bonchev–Trinajstić information content (AvgIpc) is 3.12. The van der Waals surface area contributed by atoms with Crippen molar-refractivity contribution in [1.82, 2.24) is 20.5 Å².